The number of amides is 2. The van der Waals surface area contributed by atoms with Gasteiger partial charge in [-0.3, -0.25) is 9.59 Å². The number of para-hydroxylation sites is 1. The molecule has 1 aromatic heterocycles. The van der Waals surface area contributed by atoms with Gasteiger partial charge in [0.15, 0.2) is 6.61 Å². The third kappa shape index (κ3) is 3.81. The van der Waals surface area contributed by atoms with Crippen molar-refractivity contribution in [1.29, 1.82) is 0 Å². The lowest BCUT2D eigenvalue weighted by Gasteiger charge is -2.08. The highest BCUT2D eigenvalue weighted by Gasteiger charge is 2.09. The predicted molar refractivity (Wildman–Crippen MR) is 107 cm³/mol. The summed E-state index contributed by atoms with van der Waals surface area (Å²) in [6.45, 7) is -0.121. The van der Waals surface area contributed by atoms with E-state index in [1.165, 1.54) is 0 Å². The summed E-state index contributed by atoms with van der Waals surface area (Å²) < 4.78 is 11.4. The number of hydrogen-bond acceptors (Lipinski definition) is 4. The molecule has 28 heavy (non-hydrogen) atoms. The van der Waals surface area contributed by atoms with Crippen LogP contribution in [0.2, 0.25) is 0 Å². The first-order chi connectivity index (χ1) is 13.6. The zero-order valence-electron chi connectivity index (χ0n) is 15.0. The number of nitrogens with one attached hydrogen (secondary N) is 1. The molecule has 0 aliphatic carbocycles. The first-order valence-electron chi connectivity index (χ1n) is 8.80. The number of benzene rings is 3. The smallest absolute Gasteiger partial charge is 0.262 e. The van der Waals surface area contributed by atoms with Gasteiger partial charge in [-0.25, -0.2) is 0 Å². The molecule has 3 aromatic carbocycles. The largest absolute Gasteiger partial charge is 0.484 e. The lowest BCUT2D eigenvalue weighted by molar-refractivity contribution is -0.118. The Hall–Kier alpha value is -3.80. The predicted octanol–water partition coefficient (Wildman–Crippen LogP) is 3.63. The third-order valence-electron chi connectivity index (χ3n) is 4.33. The van der Waals surface area contributed by atoms with Gasteiger partial charge in [-0.1, -0.05) is 30.3 Å². The molecular formula is C22H18N2O4. The molecule has 1 heterocycles. The van der Waals surface area contributed by atoms with Crippen LogP contribution in [0.4, 0.5) is 5.69 Å². The number of carbonyl (C=O) groups excluding carboxylic acids is 2. The number of carbonyl (C=O) groups is 2. The van der Waals surface area contributed by atoms with Gasteiger partial charge in [0.1, 0.15) is 16.9 Å². The number of ether oxygens (including phenoxy) is 1. The molecule has 0 bridgehead atoms. The summed E-state index contributed by atoms with van der Waals surface area (Å²) in [4.78, 5) is 23.1. The van der Waals surface area contributed by atoms with Gasteiger partial charge in [-0.15, -0.1) is 0 Å². The molecule has 0 radical (unpaired) electrons. The van der Waals surface area contributed by atoms with Crippen molar-refractivity contribution in [3.8, 4) is 5.75 Å². The molecule has 6 nitrogen and oxygen atoms in total. The Morgan fingerprint density at radius 1 is 0.929 bits per heavy atom. The van der Waals surface area contributed by atoms with Crippen molar-refractivity contribution >= 4 is 39.4 Å². The van der Waals surface area contributed by atoms with E-state index in [9.17, 15) is 9.59 Å². The van der Waals surface area contributed by atoms with Crippen LogP contribution in [0.25, 0.3) is 21.9 Å². The fraction of sp³-hybridized carbons (Fsp3) is 0.0909. The second kappa shape index (κ2) is 7.44. The van der Waals surface area contributed by atoms with E-state index < -0.39 is 5.91 Å². The lowest BCUT2D eigenvalue weighted by atomic mass is 10.1. The standard InChI is InChI=1S/C22H18N2O4/c23-21(25)11-14-5-7-15(8-6-14)24-22(26)13-27-16-9-10-20-18(12-16)17-3-1-2-4-19(17)28-20/h1-10,12H,11,13H2,(H2,23,25)(H,24,26). The van der Waals surface area contributed by atoms with Crippen LogP contribution in [0.1, 0.15) is 5.56 Å². The zero-order valence-corrected chi connectivity index (χ0v) is 15.0. The molecule has 0 unspecified atom stereocenters. The Labute approximate surface area is 160 Å². The SMILES string of the molecule is NC(=O)Cc1ccc(NC(=O)COc2ccc3oc4ccccc4c3c2)cc1. The molecule has 4 rings (SSSR count). The average molecular weight is 374 g/mol. The first-order valence-corrected chi connectivity index (χ1v) is 8.80. The van der Waals surface area contributed by atoms with Gasteiger partial charge in [0.25, 0.3) is 5.91 Å². The third-order valence-corrected chi connectivity index (χ3v) is 4.33. The van der Waals surface area contributed by atoms with Crippen molar-refractivity contribution in [3.05, 3.63) is 72.3 Å². The number of rotatable bonds is 6. The molecule has 0 spiro atoms. The van der Waals surface area contributed by atoms with Crippen molar-refractivity contribution in [2.45, 2.75) is 6.42 Å². The summed E-state index contributed by atoms with van der Waals surface area (Å²) in [5.74, 6) is -0.0848. The fourth-order valence-electron chi connectivity index (χ4n) is 3.05. The summed E-state index contributed by atoms with van der Waals surface area (Å²) in [6.07, 6.45) is 0.169. The number of anilines is 1. The van der Waals surface area contributed by atoms with Crippen molar-refractivity contribution < 1.29 is 18.7 Å². The van der Waals surface area contributed by atoms with E-state index in [2.05, 4.69) is 5.32 Å². The van der Waals surface area contributed by atoms with Crippen LogP contribution in [0.5, 0.6) is 5.75 Å². The zero-order chi connectivity index (χ0) is 19.5. The van der Waals surface area contributed by atoms with Gasteiger partial charge in [-0.05, 0) is 42.0 Å². The van der Waals surface area contributed by atoms with E-state index in [4.69, 9.17) is 14.9 Å². The number of hydrogen-bond donors (Lipinski definition) is 2. The van der Waals surface area contributed by atoms with Crippen LogP contribution in [0.3, 0.4) is 0 Å². The minimum absolute atomic E-state index is 0.121. The van der Waals surface area contributed by atoms with Crippen molar-refractivity contribution in [2.24, 2.45) is 5.73 Å². The Kier molecular flexibility index (Phi) is 4.68. The Morgan fingerprint density at radius 3 is 2.46 bits per heavy atom. The second-order valence-electron chi connectivity index (χ2n) is 6.43. The van der Waals surface area contributed by atoms with E-state index in [1.54, 1.807) is 30.3 Å². The Bertz CT molecular complexity index is 1160. The molecule has 2 amide bonds. The number of primary amides is 1. The van der Waals surface area contributed by atoms with Gasteiger partial charge in [0.05, 0.1) is 6.42 Å². The molecule has 6 heteroatoms. The summed E-state index contributed by atoms with van der Waals surface area (Å²) in [5.41, 5.74) is 8.17. The van der Waals surface area contributed by atoms with E-state index >= 15 is 0 Å². The molecule has 0 atom stereocenters. The van der Waals surface area contributed by atoms with Gasteiger partial charge in [-0.2, -0.15) is 0 Å². The average Bonchev–Trinajstić information content (AvgIpc) is 3.05. The second-order valence-corrected chi connectivity index (χ2v) is 6.43. The Morgan fingerprint density at radius 2 is 1.68 bits per heavy atom. The van der Waals surface area contributed by atoms with Gasteiger partial charge in [0, 0.05) is 16.5 Å². The maximum absolute atomic E-state index is 12.1. The normalized spacial score (nSPS) is 10.9. The van der Waals surface area contributed by atoms with Crippen LogP contribution in [-0.2, 0) is 16.0 Å². The Balaban J connectivity index is 1.40. The van der Waals surface area contributed by atoms with Crippen LogP contribution in [-0.4, -0.2) is 18.4 Å². The van der Waals surface area contributed by atoms with Crippen molar-refractivity contribution in [1.82, 2.24) is 0 Å². The van der Waals surface area contributed by atoms with E-state index in [-0.39, 0.29) is 18.9 Å². The van der Waals surface area contributed by atoms with E-state index in [0.717, 1.165) is 27.5 Å². The monoisotopic (exact) mass is 374 g/mol. The molecule has 140 valence electrons. The van der Waals surface area contributed by atoms with Crippen LogP contribution < -0.4 is 15.8 Å². The quantitative estimate of drug-likeness (QED) is 0.539. The highest BCUT2D eigenvalue weighted by atomic mass is 16.5. The summed E-state index contributed by atoms with van der Waals surface area (Å²) >= 11 is 0. The number of fused-ring (bicyclic) bond motifs is 3. The highest BCUT2D eigenvalue weighted by Crippen LogP contribution is 2.31. The minimum Gasteiger partial charge on any atom is -0.484 e. The fourth-order valence-corrected chi connectivity index (χ4v) is 3.05. The molecule has 0 aliphatic rings. The lowest BCUT2D eigenvalue weighted by Crippen LogP contribution is -2.20. The minimum atomic E-state index is -0.396. The first kappa shape index (κ1) is 17.6. The summed E-state index contributed by atoms with van der Waals surface area (Å²) in [6, 6.07) is 20.2. The topological polar surface area (TPSA) is 94.6 Å². The van der Waals surface area contributed by atoms with E-state index in [1.807, 2.05) is 36.4 Å². The molecule has 0 fully saturated rings. The maximum atomic E-state index is 12.1. The number of furan rings is 1. The molecule has 0 saturated carbocycles. The van der Waals surface area contributed by atoms with Crippen LogP contribution >= 0.6 is 0 Å². The van der Waals surface area contributed by atoms with E-state index in [0.29, 0.717) is 11.4 Å². The summed E-state index contributed by atoms with van der Waals surface area (Å²) in [7, 11) is 0. The molecule has 0 aliphatic heterocycles. The van der Waals surface area contributed by atoms with Gasteiger partial charge < -0.3 is 20.2 Å². The molecule has 3 N–H and O–H groups in total. The molecule has 4 aromatic rings. The van der Waals surface area contributed by atoms with Gasteiger partial charge in [0.2, 0.25) is 5.91 Å². The van der Waals surface area contributed by atoms with Crippen molar-refractivity contribution in [2.75, 3.05) is 11.9 Å². The van der Waals surface area contributed by atoms with Crippen molar-refractivity contribution in [3.63, 3.8) is 0 Å². The highest BCUT2D eigenvalue weighted by molar-refractivity contribution is 6.05. The maximum Gasteiger partial charge on any atom is 0.262 e. The van der Waals surface area contributed by atoms with Crippen LogP contribution in [0, 0.1) is 0 Å². The molecular weight excluding hydrogens is 356 g/mol. The summed E-state index contributed by atoms with van der Waals surface area (Å²) in [5, 5.41) is 4.70. The molecule has 0 saturated heterocycles. The number of nitrogens with two attached hydrogens (primary N) is 1. The van der Waals surface area contributed by atoms with Gasteiger partial charge >= 0.3 is 0 Å². The van der Waals surface area contributed by atoms with Crippen LogP contribution in [0.15, 0.2) is 71.1 Å².